The van der Waals surface area contributed by atoms with Crippen LogP contribution in [-0.2, 0) is 12.8 Å². The molecule has 3 rings (SSSR count). The van der Waals surface area contributed by atoms with Gasteiger partial charge >= 0.3 is 0 Å². The van der Waals surface area contributed by atoms with Gasteiger partial charge in [-0.1, -0.05) is 50.1 Å². The Labute approximate surface area is 150 Å². The topological polar surface area (TPSA) is 30.8 Å². The maximum Gasteiger partial charge on any atom is 0.161 e. The summed E-state index contributed by atoms with van der Waals surface area (Å²) in [4.78, 5) is 4.78. The van der Waals surface area contributed by atoms with E-state index >= 15 is 0 Å². The Morgan fingerprint density at radius 3 is 2.64 bits per heavy atom. The fourth-order valence-electron chi connectivity index (χ4n) is 3.22. The number of nitrogens with zero attached hydrogens (tertiary/aromatic N) is 1. The van der Waals surface area contributed by atoms with E-state index in [1.54, 1.807) is 7.11 Å². The number of benzene rings is 2. The molecule has 3 nitrogen and oxygen atoms in total. The second-order valence-electron chi connectivity index (χ2n) is 6.46. The van der Waals surface area contributed by atoms with Gasteiger partial charge in [0.25, 0.3) is 0 Å². The second-order valence-corrected chi connectivity index (χ2v) is 6.46. The van der Waals surface area contributed by atoms with Crippen LogP contribution in [0.1, 0.15) is 42.9 Å². The number of fused-ring (bicyclic) bond motifs is 1. The quantitative estimate of drug-likeness (QED) is 0.645. The Kier molecular flexibility index (Phi) is 6.10. The lowest BCUT2D eigenvalue weighted by atomic mass is 9.93. The van der Waals surface area contributed by atoms with Crippen LogP contribution in [0.5, 0.6) is 11.5 Å². The highest BCUT2D eigenvalue weighted by Crippen LogP contribution is 2.33. The van der Waals surface area contributed by atoms with Crippen LogP contribution >= 0.6 is 0 Å². The van der Waals surface area contributed by atoms with Crippen LogP contribution in [0.4, 0.5) is 0 Å². The molecule has 0 radical (unpaired) electrons. The van der Waals surface area contributed by atoms with Crippen molar-refractivity contribution in [3.05, 3.63) is 59.2 Å². The highest BCUT2D eigenvalue weighted by Gasteiger charge is 2.19. The van der Waals surface area contributed by atoms with Gasteiger partial charge in [-0.2, -0.15) is 0 Å². The summed E-state index contributed by atoms with van der Waals surface area (Å²) >= 11 is 0. The van der Waals surface area contributed by atoms with Gasteiger partial charge in [0.15, 0.2) is 11.5 Å². The summed E-state index contributed by atoms with van der Waals surface area (Å²) in [6.07, 6.45) is 5.29. The first kappa shape index (κ1) is 17.5. The molecule has 0 unspecified atom stereocenters. The standard InChI is InChI=1S/C22H27NO2/c1-3-4-8-13-25-22-15-18-11-12-23-20(19(18)16-21(22)24-2)14-17-9-6-5-7-10-17/h5-7,9-10,15-16H,3-4,8,11-14H2,1-2H3. The predicted octanol–water partition coefficient (Wildman–Crippen LogP) is 4.85. The molecule has 0 fully saturated rings. The Morgan fingerprint density at radius 2 is 1.88 bits per heavy atom. The zero-order valence-corrected chi connectivity index (χ0v) is 15.3. The van der Waals surface area contributed by atoms with Crippen LogP contribution in [0.3, 0.4) is 0 Å². The summed E-state index contributed by atoms with van der Waals surface area (Å²) in [5, 5.41) is 0. The van der Waals surface area contributed by atoms with Crippen molar-refractivity contribution < 1.29 is 9.47 Å². The second kappa shape index (κ2) is 8.70. The normalized spacial score (nSPS) is 13.1. The van der Waals surface area contributed by atoms with Crippen molar-refractivity contribution in [1.82, 2.24) is 0 Å². The van der Waals surface area contributed by atoms with Gasteiger partial charge in [-0.25, -0.2) is 0 Å². The molecule has 3 heteroatoms. The molecule has 0 bridgehead atoms. The molecule has 0 N–H and O–H groups in total. The lowest BCUT2D eigenvalue weighted by Gasteiger charge is -2.20. The molecular formula is C22H27NO2. The fourth-order valence-corrected chi connectivity index (χ4v) is 3.22. The molecule has 2 aromatic carbocycles. The van der Waals surface area contributed by atoms with E-state index in [2.05, 4.69) is 43.3 Å². The number of ether oxygens (including phenoxy) is 2. The molecule has 25 heavy (non-hydrogen) atoms. The van der Waals surface area contributed by atoms with E-state index in [9.17, 15) is 0 Å². The smallest absolute Gasteiger partial charge is 0.161 e. The largest absolute Gasteiger partial charge is 0.493 e. The summed E-state index contributed by atoms with van der Waals surface area (Å²) in [6.45, 7) is 3.79. The van der Waals surface area contributed by atoms with Crippen molar-refractivity contribution in [1.29, 1.82) is 0 Å². The van der Waals surface area contributed by atoms with Crippen LogP contribution in [0.2, 0.25) is 0 Å². The highest BCUT2D eigenvalue weighted by atomic mass is 16.5. The Hall–Kier alpha value is -2.29. The molecule has 0 amide bonds. The summed E-state index contributed by atoms with van der Waals surface area (Å²) in [5.74, 6) is 1.66. The summed E-state index contributed by atoms with van der Waals surface area (Å²) in [5.41, 5.74) is 4.94. The van der Waals surface area contributed by atoms with Gasteiger partial charge in [-0.15, -0.1) is 0 Å². The average molecular weight is 337 g/mol. The summed E-state index contributed by atoms with van der Waals surface area (Å²) < 4.78 is 11.6. The lowest BCUT2D eigenvalue weighted by Crippen LogP contribution is -2.16. The van der Waals surface area contributed by atoms with Crippen molar-refractivity contribution >= 4 is 5.71 Å². The predicted molar refractivity (Wildman–Crippen MR) is 103 cm³/mol. The van der Waals surface area contributed by atoms with Gasteiger partial charge in [0.1, 0.15) is 0 Å². The van der Waals surface area contributed by atoms with E-state index in [0.717, 1.165) is 49.6 Å². The molecule has 1 heterocycles. The van der Waals surface area contributed by atoms with Crippen LogP contribution in [0.25, 0.3) is 0 Å². The minimum atomic E-state index is 0.744. The summed E-state index contributed by atoms with van der Waals surface area (Å²) in [7, 11) is 1.71. The SMILES string of the molecule is CCCCCOc1cc2c(cc1OC)C(Cc1ccccc1)=NCC2. The number of methoxy groups -OCH3 is 1. The van der Waals surface area contributed by atoms with E-state index in [1.165, 1.54) is 29.5 Å². The van der Waals surface area contributed by atoms with Crippen LogP contribution in [0, 0.1) is 0 Å². The monoisotopic (exact) mass is 337 g/mol. The van der Waals surface area contributed by atoms with Gasteiger partial charge in [-0.05, 0) is 36.1 Å². The molecule has 0 aliphatic carbocycles. The molecule has 1 aliphatic heterocycles. The van der Waals surface area contributed by atoms with Crippen LogP contribution < -0.4 is 9.47 Å². The van der Waals surface area contributed by atoms with Crippen molar-refractivity contribution in [2.45, 2.75) is 39.0 Å². The van der Waals surface area contributed by atoms with Gasteiger partial charge in [-0.3, -0.25) is 4.99 Å². The van der Waals surface area contributed by atoms with E-state index in [0.29, 0.717) is 0 Å². The first-order chi connectivity index (χ1) is 12.3. The highest BCUT2D eigenvalue weighted by molar-refractivity contribution is 6.04. The van der Waals surface area contributed by atoms with Gasteiger partial charge in [0, 0.05) is 24.2 Å². The van der Waals surface area contributed by atoms with Crippen LogP contribution in [0.15, 0.2) is 47.5 Å². The van der Waals surface area contributed by atoms with Crippen molar-refractivity contribution in [2.24, 2.45) is 4.99 Å². The maximum absolute atomic E-state index is 5.98. The zero-order chi connectivity index (χ0) is 17.5. The van der Waals surface area contributed by atoms with E-state index < -0.39 is 0 Å². The number of unbranched alkanes of at least 4 members (excludes halogenated alkanes) is 2. The van der Waals surface area contributed by atoms with Gasteiger partial charge in [0.05, 0.1) is 13.7 Å². The molecule has 0 aromatic heterocycles. The fraction of sp³-hybridized carbons (Fsp3) is 0.409. The molecular weight excluding hydrogens is 310 g/mol. The van der Waals surface area contributed by atoms with Gasteiger partial charge < -0.3 is 9.47 Å². The minimum Gasteiger partial charge on any atom is -0.493 e. The third-order valence-electron chi connectivity index (χ3n) is 4.60. The van der Waals surface area contributed by atoms with E-state index in [1.807, 2.05) is 6.07 Å². The molecule has 0 atom stereocenters. The van der Waals surface area contributed by atoms with Crippen molar-refractivity contribution in [3.8, 4) is 11.5 Å². The molecule has 1 aliphatic rings. The van der Waals surface area contributed by atoms with E-state index in [4.69, 9.17) is 14.5 Å². The molecule has 0 saturated carbocycles. The third-order valence-corrected chi connectivity index (χ3v) is 4.60. The first-order valence-electron chi connectivity index (χ1n) is 9.23. The number of aliphatic imine (C=N–C) groups is 1. The van der Waals surface area contributed by atoms with E-state index in [-0.39, 0.29) is 0 Å². The minimum absolute atomic E-state index is 0.744. The number of rotatable bonds is 8. The molecule has 132 valence electrons. The Morgan fingerprint density at radius 1 is 1.04 bits per heavy atom. The average Bonchev–Trinajstić information content (AvgIpc) is 2.66. The van der Waals surface area contributed by atoms with Gasteiger partial charge in [0.2, 0.25) is 0 Å². The molecule has 2 aromatic rings. The molecule has 0 spiro atoms. The number of hydrogen-bond acceptors (Lipinski definition) is 3. The third kappa shape index (κ3) is 4.41. The Bertz CT molecular complexity index is 722. The Balaban J connectivity index is 1.81. The maximum atomic E-state index is 5.98. The number of hydrogen-bond donors (Lipinski definition) is 0. The van der Waals surface area contributed by atoms with Crippen molar-refractivity contribution in [2.75, 3.05) is 20.3 Å². The lowest BCUT2D eigenvalue weighted by molar-refractivity contribution is 0.285. The van der Waals surface area contributed by atoms with Crippen molar-refractivity contribution in [3.63, 3.8) is 0 Å². The van der Waals surface area contributed by atoms with Crippen LogP contribution in [-0.4, -0.2) is 26.0 Å². The summed E-state index contributed by atoms with van der Waals surface area (Å²) in [6, 6.07) is 14.8. The molecule has 0 saturated heterocycles. The first-order valence-corrected chi connectivity index (χ1v) is 9.23. The zero-order valence-electron chi connectivity index (χ0n) is 15.3.